The van der Waals surface area contributed by atoms with Crippen molar-refractivity contribution in [2.24, 2.45) is 5.92 Å². The van der Waals surface area contributed by atoms with Crippen molar-refractivity contribution in [3.05, 3.63) is 35.9 Å². The van der Waals surface area contributed by atoms with Gasteiger partial charge in [0.25, 0.3) is 5.91 Å². The molecular formula is C17H23NO6. The van der Waals surface area contributed by atoms with Gasteiger partial charge in [-0.2, -0.15) is 0 Å². The van der Waals surface area contributed by atoms with Crippen LogP contribution < -0.4 is 5.32 Å². The first-order valence-electron chi connectivity index (χ1n) is 7.48. The number of hydrogen-bond acceptors (Lipinski definition) is 6. The van der Waals surface area contributed by atoms with Crippen LogP contribution in [0, 0.1) is 5.92 Å². The molecule has 0 saturated heterocycles. The molecule has 0 heterocycles. The van der Waals surface area contributed by atoms with Gasteiger partial charge in [0.2, 0.25) is 0 Å². The largest absolute Gasteiger partial charge is 0.469 e. The Balaban J connectivity index is 2.86. The summed E-state index contributed by atoms with van der Waals surface area (Å²) in [6.45, 7) is 1.61. The number of carbonyl (C=O) groups excluding carboxylic acids is 3. The van der Waals surface area contributed by atoms with Gasteiger partial charge in [-0.15, -0.1) is 0 Å². The lowest BCUT2D eigenvalue weighted by Gasteiger charge is -2.22. The molecule has 24 heavy (non-hydrogen) atoms. The molecule has 1 aromatic rings. The van der Waals surface area contributed by atoms with Crippen molar-refractivity contribution >= 4 is 17.8 Å². The van der Waals surface area contributed by atoms with Crippen molar-refractivity contribution in [3.8, 4) is 0 Å². The van der Waals surface area contributed by atoms with Crippen LogP contribution in [0.5, 0.6) is 0 Å². The maximum Gasteiger partial charge on any atom is 0.328 e. The maximum absolute atomic E-state index is 12.5. The highest BCUT2D eigenvalue weighted by molar-refractivity contribution is 5.88. The van der Waals surface area contributed by atoms with Crippen LogP contribution in [0.15, 0.2) is 30.3 Å². The van der Waals surface area contributed by atoms with Crippen molar-refractivity contribution in [2.45, 2.75) is 25.5 Å². The second-order valence-electron chi connectivity index (χ2n) is 5.27. The van der Waals surface area contributed by atoms with Crippen LogP contribution in [0.3, 0.4) is 0 Å². The van der Waals surface area contributed by atoms with Gasteiger partial charge >= 0.3 is 11.9 Å². The maximum atomic E-state index is 12.5. The first kappa shape index (κ1) is 19.6. The van der Waals surface area contributed by atoms with Gasteiger partial charge < -0.3 is 19.5 Å². The summed E-state index contributed by atoms with van der Waals surface area (Å²) in [5, 5.41) is 2.58. The van der Waals surface area contributed by atoms with Crippen LogP contribution in [0.2, 0.25) is 0 Å². The third kappa shape index (κ3) is 5.34. The second kappa shape index (κ2) is 9.67. The monoisotopic (exact) mass is 337 g/mol. The Morgan fingerprint density at radius 3 is 2.08 bits per heavy atom. The number of benzene rings is 1. The van der Waals surface area contributed by atoms with Crippen molar-refractivity contribution in [2.75, 3.05) is 21.3 Å². The minimum absolute atomic E-state index is 0.0658. The van der Waals surface area contributed by atoms with Crippen molar-refractivity contribution < 1.29 is 28.6 Å². The zero-order valence-electron chi connectivity index (χ0n) is 14.3. The normalized spacial score (nSPS) is 14.2. The Hall–Kier alpha value is -2.41. The molecular weight excluding hydrogens is 314 g/mol. The summed E-state index contributed by atoms with van der Waals surface area (Å²) < 4.78 is 14.6. The molecule has 0 bridgehead atoms. The van der Waals surface area contributed by atoms with Crippen molar-refractivity contribution in [1.29, 1.82) is 0 Å². The predicted octanol–water partition coefficient (Wildman–Crippen LogP) is 1.23. The lowest BCUT2D eigenvalue weighted by atomic mass is 10.0. The standard InChI is InChI=1S/C17H23NO6/c1-11(16(20)23-3)10-13(17(21)24-4)18-15(19)14(22-2)12-8-6-5-7-9-12/h5-9,11,13-14H,10H2,1-4H3,(H,18,19)/t11-,13-,14-/m0/s1. The fourth-order valence-corrected chi connectivity index (χ4v) is 2.28. The number of esters is 2. The van der Waals surface area contributed by atoms with Crippen LogP contribution in [-0.2, 0) is 28.6 Å². The molecule has 1 N–H and O–H groups in total. The summed E-state index contributed by atoms with van der Waals surface area (Å²) in [5.41, 5.74) is 0.655. The lowest BCUT2D eigenvalue weighted by molar-refractivity contribution is -0.150. The van der Waals surface area contributed by atoms with E-state index in [1.54, 1.807) is 31.2 Å². The number of ether oxygens (including phenoxy) is 3. The molecule has 0 unspecified atom stereocenters. The lowest BCUT2D eigenvalue weighted by Crippen LogP contribution is -2.45. The Morgan fingerprint density at radius 1 is 1.00 bits per heavy atom. The topological polar surface area (TPSA) is 90.9 Å². The summed E-state index contributed by atoms with van der Waals surface area (Å²) in [6.07, 6.45) is -0.803. The number of methoxy groups -OCH3 is 3. The van der Waals surface area contributed by atoms with Gasteiger partial charge in [0.05, 0.1) is 20.1 Å². The van der Waals surface area contributed by atoms with E-state index in [2.05, 4.69) is 10.1 Å². The Morgan fingerprint density at radius 2 is 1.58 bits per heavy atom. The van der Waals surface area contributed by atoms with E-state index in [0.717, 1.165) is 0 Å². The highest BCUT2D eigenvalue weighted by Crippen LogP contribution is 2.17. The molecule has 0 aliphatic heterocycles. The first-order chi connectivity index (χ1) is 11.4. The summed E-state index contributed by atoms with van der Waals surface area (Å²) >= 11 is 0. The zero-order chi connectivity index (χ0) is 18.1. The molecule has 0 fully saturated rings. The van der Waals surface area contributed by atoms with E-state index in [1.807, 2.05) is 6.07 Å². The Kier molecular flexibility index (Phi) is 7.91. The molecule has 0 radical (unpaired) electrons. The summed E-state index contributed by atoms with van der Waals surface area (Å²) in [6, 6.07) is 7.91. The van der Waals surface area contributed by atoms with Crippen LogP contribution in [0.1, 0.15) is 25.0 Å². The third-order valence-corrected chi connectivity index (χ3v) is 3.57. The molecule has 7 nitrogen and oxygen atoms in total. The molecule has 0 saturated carbocycles. The molecule has 7 heteroatoms. The van der Waals surface area contributed by atoms with Gasteiger partial charge in [-0.25, -0.2) is 4.79 Å². The van der Waals surface area contributed by atoms with Crippen molar-refractivity contribution in [3.63, 3.8) is 0 Å². The van der Waals surface area contributed by atoms with Crippen LogP contribution in [0.4, 0.5) is 0 Å². The summed E-state index contributed by atoms with van der Waals surface area (Å²) in [7, 11) is 3.89. The fourth-order valence-electron chi connectivity index (χ4n) is 2.28. The number of rotatable bonds is 8. The van der Waals surface area contributed by atoms with E-state index in [-0.39, 0.29) is 6.42 Å². The van der Waals surface area contributed by atoms with Gasteiger partial charge in [-0.05, 0) is 12.0 Å². The number of hydrogen-bond donors (Lipinski definition) is 1. The minimum atomic E-state index is -0.974. The molecule has 1 rings (SSSR count). The molecule has 1 amide bonds. The Labute approximate surface area is 141 Å². The van der Waals surface area contributed by atoms with E-state index < -0.39 is 35.9 Å². The molecule has 1 aromatic carbocycles. The van der Waals surface area contributed by atoms with Crippen molar-refractivity contribution in [1.82, 2.24) is 5.32 Å². The van der Waals surface area contributed by atoms with E-state index in [4.69, 9.17) is 9.47 Å². The molecule has 0 spiro atoms. The number of amides is 1. The molecule has 0 aliphatic carbocycles. The van der Waals surface area contributed by atoms with Crippen LogP contribution >= 0.6 is 0 Å². The SMILES string of the molecule is COC(=O)[C@H](C[C@H](C)C(=O)OC)NC(=O)[C@@H](OC)c1ccccc1. The minimum Gasteiger partial charge on any atom is -0.469 e. The fraction of sp³-hybridized carbons (Fsp3) is 0.471. The average Bonchev–Trinajstić information content (AvgIpc) is 2.61. The predicted molar refractivity (Wildman–Crippen MR) is 85.9 cm³/mol. The van der Waals surface area contributed by atoms with Gasteiger partial charge in [-0.1, -0.05) is 37.3 Å². The highest BCUT2D eigenvalue weighted by atomic mass is 16.5. The number of nitrogens with one attached hydrogen (secondary N) is 1. The summed E-state index contributed by atoms with van der Waals surface area (Å²) in [4.78, 5) is 35.9. The quantitative estimate of drug-likeness (QED) is 0.718. The molecule has 0 aromatic heterocycles. The first-order valence-corrected chi connectivity index (χ1v) is 7.48. The Bertz CT molecular complexity index is 559. The summed E-state index contributed by atoms with van der Waals surface area (Å²) in [5.74, 6) is -2.17. The average molecular weight is 337 g/mol. The molecule has 0 aliphatic rings. The van der Waals surface area contributed by atoms with E-state index >= 15 is 0 Å². The van der Waals surface area contributed by atoms with E-state index in [9.17, 15) is 14.4 Å². The van der Waals surface area contributed by atoms with Crippen LogP contribution in [-0.4, -0.2) is 45.2 Å². The second-order valence-corrected chi connectivity index (χ2v) is 5.27. The van der Waals surface area contributed by atoms with Gasteiger partial charge in [0.1, 0.15) is 6.04 Å². The van der Waals surface area contributed by atoms with Crippen LogP contribution in [0.25, 0.3) is 0 Å². The third-order valence-electron chi connectivity index (χ3n) is 3.57. The molecule has 132 valence electrons. The van der Waals surface area contributed by atoms with E-state index in [1.165, 1.54) is 21.3 Å². The number of carbonyl (C=O) groups is 3. The smallest absolute Gasteiger partial charge is 0.328 e. The van der Waals surface area contributed by atoms with Gasteiger partial charge in [0, 0.05) is 7.11 Å². The van der Waals surface area contributed by atoms with Gasteiger partial charge in [-0.3, -0.25) is 9.59 Å². The zero-order valence-corrected chi connectivity index (χ0v) is 14.3. The molecule has 3 atom stereocenters. The highest BCUT2D eigenvalue weighted by Gasteiger charge is 2.30. The van der Waals surface area contributed by atoms with Gasteiger partial charge in [0.15, 0.2) is 6.10 Å². The van der Waals surface area contributed by atoms with E-state index in [0.29, 0.717) is 5.56 Å².